The van der Waals surface area contributed by atoms with Crippen LogP contribution in [0.5, 0.6) is 0 Å². The zero-order valence-corrected chi connectivity index (χ0v) is 35.3. The fraction of sp³-hybridized carbons (Fsp3) is 0.938. The van der Waals surface area contributed by atoms with E-state index >= 15 is 0 Å². The zero-order chi connectivity index (χ0) is 36.0. The summed E-state index contributed by atoms with van der Waals surface area (Å²) in [4.78, 5) is 5.06. The number of hydrogen-bond acceptors (Lipinski definition) is 1. The molecule has 2 nitrogen and oxygen atoms in total. The van der Waals surface area contributed by atoms with Crippen molar-refractivity contribution in [1.29, 1.82) is 0 Å². The highest BCUT2D eigenvalue weighted by atomic mass is 15.1. The molecular formula is C48H94N2. The second kappa shape index (κ2) is 38.0. The Morgan fingerprint density at radius 2 is 0.640 bits per heavy atom. The first-order valence-corrected chi connectivity index (χ1v) is 23.8. The molecule has 296 valence electrons. The number of aromatic nitrogens is 2. The Hall–Kier alpha value is -0.790. The van der Waals surface area contributed by atoms with E-state index in [1.54, 1.807) is 0 Å². The Morgan fingerprint density at radius 3 is 0.940 bits per heavy atom. The van der Waals surface area contributed by atoms with Gasteiger partial charge < -0.3 is 4.57 Å². The molecule has 0 bridgehead atoms. The van der Waals surface area contributed by atoms with Gasteiger partial charge in [0.25, 0.3) is 0 Å². The molecule has 0 aromatic carbocycles. The highest BCUT2D eigenvalue weighted by molar-refractivity contribution is 5.02. The minimum atomic E-state index is 0.586. The van der Waals surface area contributed by atoms with Crippen LogP contribution >= 0.6 is 0 Å². The van der Waals surface area contributed by atoms with E-state index in [2.05, 4.69) is 44.7 Å². The molecule has 1 heterocycles. The number of nitrogens with zero attached hydrogens (tertiary/aromatic N) is 2. The third-order valence-electron chi connectivity index (χ3n) is 11.8. The molecule has 0 fully saturated rings. The van der Waals surface area contributed by atoms with Crippen molar-refractivity contribution in [3.8, 4) is 0 Å². The van der Waals surface area contributed by atoms with E-state index in [0.717, 1.165) is 0 Å². The van der Waals surface area contributed by atoms with Crippen molar-refractivity contribution in [3.05, 3.63) is 18.2 Å². The van der Waals surface area contributed by atoms with Gasteiger partial charge in [0.15, 0.2) is 0 Å². The summed E-state index contributed by atoms with van der Waals surface area (Å²) in [7, 11) is 0. The largest absolute Gasteiger partial charge is 0.332 e. The molecule has 1 rings (SSSR count). The molecule has 50 heavy (non-hydrogen) atoms. The fourth-order valence-corrected chi connectivity index (χ4v) is 8.30. The summed E-state index contributed by atoms with van der Waals surface area (Å²) in [5.41, 5.74) is 0. The number of hydrogen-bond donors (Lipinski definition) is 0. The van der Waals surface area contributed by atoms with Crippen LogP contribution in [0.15, 0.2) is 12.4 Å². The lowest BCUT2D eigenvalue weighted by Crippen LogP contribution is -2.13. The van der Waals surface area contributed by atoms with Crippen LogP contribution in [-0.2, 0) is 0 Å². The van der Waals surface area contributed by atoms with E-state index < -0.39 is 0 Å². The van der Waals surface area contributed by atoms with Crippen molar-refractivity contribution in [1.82, 2.24) is 9.55 Å². The first-order chi connectivity index (χ1) is 24.7. The minimum Gasteiger partial charge on any atom is -0.332 e. The van der Waals surface area contributed by atoms with Crippen LogP contribution in [0.25, 0.3) is 0 Å². The van der Waals surface area contributed by atoms with Crippen molar-refractivity contribution in [2.75, 3.05) is 0 Å². The van der Waals surface area contributed by atoms with E-state index in [-0.39, 0.29) is 0 Å². The van der Waals surface area contributed by atoms with Crippen molar-refractivity contribution in [2.45, 2.75) is 290 Å². The average molecular weight is 699 g/mol. The molecule has 0 N–H and O–H groups in total. The lowest BCUT2D eigenvalue weighted by molar-refractivity contribution is 0.412. The molecule has 2 heteroatoms. The molecular weight excluding hydrogens is 605 g/mol. The summed E-state index contributed by atoms with van der Waals surface area (Å²) in [6.45, 7) is 9.41. The van der Waals surface area contributed by atoms with E-state index in [1.165, 1.54) is 256 Å². The fourth-order valence-electron chi connectivity index (χ4n) is 8.30. The third-order valence-corrected chi connectivity index (χ3v) is 11.8. The van der Waals surface area contributed by atoms with E-state index in [9.17, 15) is 0 Å². The van der Waals surface area contributed by atoms with Gasteiger partial charge in [-0.2, -0.15) is 0 Å². The molecule has 0 aliphatic rings. The second-order valence-electron chi connectivity index (χ2n) is 16.8. The monoisotopic (exact) mass is 699 g/mol. The topological polar surface area (TPSA) is 17.8 Å². The smallest absolute Gasteiger partial charge is 0.111 e. The number of rotatable bonds is 41. The maximum Gasteiger partial charge on any atom is 0.111 e. The molecule has 0 radical (unpaired) electrons. The summed E-state index contributed by atoms with van der Waals surface area (Å²) in [5, 5.41) is 0. The highest BCUT2D eigenvalue weighted by Gasteiger charge is 2.19. The van der Waals surface area contributed by atoms with E-state index in [1.807, 2.05) is 0 Å². The molecule has 0 spiro atoms. The van der Waals surface area contributed by atoms with Gasteiger partial charge in [-0.15, -0.1) is 0 Å². The van der Waals surface area contributed by atoms with Gasteiger partial charge in [-0.1, -0.05) is 252 Å². The second-order valence-corrected chi connectivity index (χ2v) is 16.8. The Morgan fingerprint density at radius 1 is 0.380 bits per heavy atom. The standard InChI is InChI=1S/C48H94N2/c1-5-8-11-14-17-20-22-23-24-25-26-28-31-34-37-40-43-47(42-39-36-33-30-27-21-18-15-12-9-6-2)48-49-44-45-50(48)46(4)41-38-35-32-29-19-16-13-10-7-3/h44-47H,5-43H2,1-4H3. The molecule has 2 atom stereocenters. The Labute approximate surface area is 316 Å². The molecule has 0 amide bonds. The van der Waals surface area contributed by atoms with Crippen LogP contribution in [-0.4, -0.2) is 9.55 Å². The molecule has 1 aromatic heterocycles. The Balaban J connectivity index is 2.36. The molecule has 0 aliphatic carbocycles. The van der Waals surface area contributed by atoms with Gasteiger partial charge in [-0.05, 0) is 26.2 Å². The maximum absolute atomic E-state index is 5.06. The molecule has 0 saturated heterocycles. The molecule has 1 aromatic rings. The summed E-state index contributed by atoms with van der Waals surface area (Å²) in [5.74, 6) is 2.07. The van der Waals surface area contributed by atoms with Gasteiger partial charge in [0.1, 0.15) is 5.82 Å². The quantitative estimate of drug-likeness (QED) is 0.0623. The van der Waals surface area contributed by atoms with E-state index in [0.29, 0.717) is 12.0 Å². The first-order valence-electron chi connectivity index (χ1n) is 23.8. The van der Waals surface area contributed by atoms with Crippen LogP contribution in [0.1, 0.15) is 296 Å². The van der Waals surface area contributed by atoms with Crippen molar-refractivity contribution in [3.63, 3.8) is 0 Å². The van der Waals surface area contributed by atoms with Gasteiger partial charge in [0, 0.05) is 24.4 Å². The van der Waals surface area contributed by atoms with Crippen LogP contribution in [0.4, 0.5) is 0 Å². The highest BCUT2D eigenvalue weighted by Crippen LogP contribution is 2.31. The molecule has 0 aliphatic heterocycles. The van der Waals surface area contributed by atoms with Crippen LogP contribution in [0.2, 0.25) is 0 Å². The van der Waals surface area contributed by atoms with Crippen molar-refractivity contribution >= 4 is 0 Å². The van der Waals surface area contributed by atoms with Crippen molar-refractivity contribution < 1.29 is 0 Å². The number of unbranched alkanes of at least 4 members (excludes halogenated alkanes) is 33. The van der Waals surface area contributed by atoms with Gasteiger partial charge >= 0.3 is 0 Å². The van der Waals surface area contributed by atoms with E-state index in [4.69, 9.17) is 4.98 Å². The number of imidazole rings is 1. The summed E-state index contributed by atoms with van der Waals surface area (Å²) < 4.78 is 2.60. The van der Waals surface area contributed by atoms with Crippen LogP contribution in [0.3, 0.4) is 0 Å². The van der Waals surface area contributed by atoms with Crippen LogP contribution in [0, 0.1) is 0 Å². The minimum absolute atomic E-state index is 0.586. The van der Waals surface area contributed by atoms with Crippen LogP contribution < -0.4 is 0 Å². The normalized spacial score (nSPS) is 13.0. The lowest BCUT2D eigenvalue weighted by atomic mass is 9.92. The summed E-state index contributed by atoms with van der Waals surface area (Å²) >= 11 is 0. The van der Waals surface area contributed by atoms with Gasteiger partial charge in [0.2, 0.25) is 0 Å². The summed E-state index contributed by atoms with van der Waals surface area (Å²) in [6.07, 6.45) is 60.1. The first kappa shape index (κ1) is 47.2. The lowest BCUT2D eigenvalue weighted by Gasteiger charge is -2.22. The van der Waals surface area contributed by atoms with Gasteiger partial charge in [0.05, 0.1) is 0 Å². The maximum atomic E-state index is 5.06. The molecule has 2 unspecified atom stereocenters. The predicted molar refractivity (Wildman–Crippen MR) is 227 cm³/mol. The zero-order valence-electron chi connectivity index (χ0n) is 35.3. The Kier molecular flexibility index (Phi) is 35.8. The predicted octanol–water partition coefficient (Wildman–Crippen LogP) is 17.8. The van der Waals surface area contributed by atoms with Gasteiger partial charge in [-0.3, -0.25) is 0 Å². The average Bonchev–Trinajstić information content (AvgIpc) is 3.62. The SMILES string of the molecule is CCCCCCCCCCCCCCCCCCC(CCCCCCCCCCCCC)c1nccn1C(C)CCCCCCCCCCC. The van der Waals surface area contributed by atoms with Crippen molar-refractivity contribution in [2.24, 2.45) is 0 Å². The molecule has 0 saturated carbocycles. The Bertz CT molecular complexity index is 768. The summed E-state index contributed by atoms with van der Waals surface area (Å²) in [6, 6.07) is 0.586. The van der Waals surface area contributed by atoms with Gasteiger partial charge in [-0.25, -0.2) is 4.98 Å². The third kappa shape index (κ3) is 28.8.